The van der Waals surface area contributed by atoms with E-state index in [9.17, 15) is 14.0 Å². The predicted octanol–water partition coefficient (Wildman–Crippen LogP) is 1.74. The Morgan fingerprint density at radius 2 is 1.95 bits per heavy atom. The fourth-order valence-corrected chi connectivity index (χ4v) is 1.79. The van der Waals surface area contributed by atoms with Crippen molar-refractivity contribution in [2.75, 3.05) is 7.11 Å². The summed E-state index contributed by atoms with van der Waals surface area (Å²) >= 11 is 0. The van der Waals surface area contributed by atoms with Crippen molar-refractivity contribution in [2.45, 2.75) is 6.54 Å². The first-order valence-electron chi connectivity index (χ1n) is 5.77. The van der Waals surface area contributed by atoms with Crippen LogP contribution in [0, 0.1) is 5.82 Å². The lowest BCUT2D eigenvalue weighted by atomic mass is 10.2. The third-order valence-electron chi connectivity index (χ3n) is 2.78. The predicted molar refractivity (Wildman–Crippen MR) is 69.7 cm³/mol. The Hall–Kier alpha value is -2.63. The molecule has 0 atom stereocenters. The Labute approximate surface area is 113 Å². The number of nitrogens with zero attached hydrogens (tertiary/aromatic N) is 1. The number of hydrogen-bond donors (Lipinski definition) is 1. The minimum absolute atomic E-state index is 0.0491. The number of ether oxygens (including phenoxy) is 1. The van der Waals surface area contributed by atoms with E-state index in [2.05, 4.69) is 0 Å². The molecule has 1 aromatic heterocycles. The van der Waals surface area contributed by atoms with Crippen LogP contribution in [0.3, 0.4) is 0 Å². The quantitative estimate of drug-likeness (QED) is 0.924. The molecule has 0 aliphatic heterocycles. The number of methoxy groups -OCH3 is 1. The van der Waals surface area contributed by atoms with Crippen molar-refractivity contribution in [2.24, 2.45) is 0 Å². The van der Waals surface area contributed by atoms with Crippen LogP contribution in [0.25, 0.3) is 0 Å². The first-order chi connectivity index (χ1) is 9.51. The van der Waals surface area contributed by atoms with Gasteiger partial charge in [-0.05, 0) is 17.7 Å². The van der Waals surface area contributed by atoms with Gasteiger partial charge < -0.3 is 14.4 Å². The maximum atomic E-state index is 12.8. The number of hydrogen-bond acceptors (Lipinski definition) is 3. The van der Waals surface area contributed by atoms with Crippen molar-refractivity contribution in [1.29, 1.82) is 0 Å². The molecule has 2 aromatic rings. The topological polar surface area (TPSA) is 68.5 Å². The molecule has 1 aromatic carbocycles. The number of pyridine rings is 1. The van der Waals surface area contributed by atoms with Crippen molar-refractivity contribution in [1.82, 2.24) is 4.57 Å². The fraction of sp³-hybridized carbons (Fsp3) is 0.143. The van der Waals surface area contributed by atoms with Gasteiger partial charge in [0.25, 0.3) is 0 Å². The summed E-state index contributed by atoms with van der Waals surface area (Å²) in [5, 5.41) is 8.99. The van der Waals surface area contributed by atoms with E-state index in [-0.39, 0.29) is 17.1 Å². The van der Waals surface area contributed by atoms with Crippen LogP contribution >= 0.6 is 0 Å². The highest BCUT2D eigenvalue weighted by molar-refractivity contribution is 5.87. The number of rotatable bonds is 4. The summed E-state index contributed by atoms with van der Waals surface area (Å²) in [4.78, 5) is 22.7. The van der Waals surface area contributed by atoms with E-state index < -0.39 is 11.4 Å². The van der Waals surface area contributed by atoms with Gasteiger partial charge in [-0.15, -0.1) is 0 Å². The molecule has 0 bridgehead atoms. The van der Waals surface area contributed by atoms with Crippen molar-refractivity contribution < 1.29 is 19.0 Å². The normalized spacial score (nSPS) is 10.3. The lowest BCUT2D eigenvalue weighted by Crippen LogP contribution is -2.19. The standard InChI is InChI=1S/C14H12FNO4/c1-20-12-8-16(7-11(13(12)17)14(18)19)6-9-2-4-10(15)5-3-9/h2-5,7-8H,6H2,1H3,(H,18,19). The van der Waals surface area contributed by atoms with E-state index in [0.29, 0.717) is 6.54 Å². The maximum Gasteiger partial charge on any atom is 0.341 e. The summed E-state index contributed by atoms with van der Waals surface area (Å²) in [5.74, 6) is -1.72. The second kappa shape index (κ2) is 5.56. The van der Waals surface area contributed by atoms with Gasteiger partial charge in [-0.3, -0.25) is 4.79 Å². The molecule has 20 heavy (non-hydrogen) atoms. The number of carboxylic acids is 1. The molecule has 0 amide bonds. The second-order valence-corrected chi connectivity index (χ2v) is 4.17. The number of carbonyl (C=O) groups is 1. The number of halogens is 1. The van der Waals surface area contributed by atoms with E-state index in [1.807, 2.05) is 0 Å². The zero-order valence-electron chi connectivity index (χ0n) is 10.7. The summed E-state index contributed by atoms with van der Waals surface area (Å²) in [5.41, 5.74) is -0.268. The zero-order chi connectivity index (χ0) is 14.7. The highest BCUT2D eigenvalue weighted by Gasteiger charge is 2.14. The van der Waals surface area contributed by atoms with Gasteiger partial charge in [0.15, 0.2) is 5.75 Å². The van der Waals surface area contributed by atoms with Crippen molar-refractivity contribution >= 4 is 5.97 Å². The Morgan fingerprint density at radius 1 is 1.30 bits per heavy atom. The number of benzene rings is 1. The van der Waals surface area contributed by atoms with E-state index in [1.165, 1.54) is 36.2 Å². The first kappa shape index (κ1) is 13.8. The van der Waals surface area contributed by atoms with E-state index in [4.69, 9.17) is 9.84 Å². The molecule has 0 aliphatic rings. The maximum absolute atomic E-state index is 12.8. The Morgan fingerprint density at radius 3 is 2.50 bits per heavy atom. The van der Waals surface area contributed by atoms with Crippen LogP contribution in [0.5, 0.6) is 5.75 Å². The highest BCUT2D eigenvalue weighted by atomic mass is 19.1. The summed E-state index contributed by atoms with van der Waals surface area (Å²) in [6.45, 7) is 0.303. The Kier molecular flexibility index (Phi) is 3.84. The molecule has 1 heterocycles. The van der Waals surface area contributed by atoms with Gasteiger partial charge in [0.2, 0.25) is 5.43 Å². The number of aromatic nitrogens is 1. The fourth-order valence-electron chi connectivity index (χ4n) is 1.79. The van der Waals surface area contributed by atoms with Gasteiger partial charge in [-0.25, -0.2) is 9.18 Å². The number of carboxylic acid groups (broad SMARTS) is 1. The third-order valence-corrected chi connectivity index (χ3v) is 2.78. The van der Waals surface area contributed by atoms with Crippen LogP contribution in [0.2, 0.25) is 0 Å². The molecule has 0 saturated heterocycles. The molecule has 0 unspecified atom stereocenters. The SMILES string of the molecule is COc1cn(Cc2ccc(F)cc2)cc(C(=O)O)c1=O. The molecular formula is C14H12FNO4. The van der Waals surface area contributed by atoms with Gasteiger partial charge in [0.1, 0.15) is 11.4 Å². The van der Waals surface area contributed by atoms with Crippen LogP contribution in [0.15, 0.2) is 41.5 Å². The van der Waals surface area contributed by atoms with Crippen molar-refractivity contribution in [3.63, 3.8) is 0 Å². The molecule has 0 fully saturated rings. The molecule has 0 spiro atoms. The summed E-state index contributed by atoms with van der Waals surface area (Å²) in [7, 11) is 1.30. The minimum Gasteiger partial charge on any atom is -0.491 e. The highest BCUT2D eigenvalue weighted by Crippen LogP contribution is 2.10. The van der Waals surface area contributed by atoms with E-state index in [0.717, 1.165) is 5.56 Å². The van der Waals surface area contributed by atoms with E-state index in [1.54, 1.807) is 12.1 Å². The first-order valence-corrected chi connectivity index (χ1v) is 5.77. The molecule has 0 radical (unpaired) electrons. The molecule has 2 rings (SSSR count). The Bertz CT molecular complexity index is 691. The molecule has 6 heteroatoms. The zero-order valence-corrected chi connectivity index (χ0v) is 10.7. The lowest BCUT2D eigenvalue weighted by Gasteiger charge is -2.10. The van der Waals surface area contributed by atoms with Crippen LogP contribution in [0.1, 0.15) is 15.9 Å². The van der Waals surface area contributed by atoms with Crippen molar-refractivity contribution in [3.05, 3.63) is 63.8 Å². The van der Waals surface area contributed by atoms with Gasteiger partial charge >= 0.3 is 5.97 Å². The lowest BCUT2D eigenvalue weighted by molar-refractivity contribution is 0.0694. The van der Waals surface area contributed by atoms with Gasteiger partial charge in [-0.2, -0.15) is 0 Å². The average Bonchev–Trinajstić information content (AvgIpc) is 2.42. The Balaban J connectivity index is 2.41. The monoisotopic (exact) mass is 277 g/mol. The summed E-state index contributed by atoms with van der Waals surface area (Å²) < 4.78 is 19.2. The van der Waals surface area contributed by atoms with Gasteiger partial charge in [-0.1, -0.05) is 12.1 Å². The number of aromatic carboxylic acids is 1. The molecular weight excluding hydrogens is 265 g/mol. The van der Waals surface area contributed by atoms with Gasteiger partial charge in [0.05, 0.1) is 13.3 Å². The minimum atomic E-state index is -1.32. The third kappa shape index (κ3) is 2.85. The summed E-state index contributed by atoms with van der Waals surface area (Å²) in [6, 6.07) is 5.79. The van der Waals surface area contributed by atoms with E-state index >= 15 is 0 Å². The second-order valence-electron chi connectivity index (χ2n) is 4.17. The molecule has 0 saturated carbocycles. The van der Waals surface area contributed by atoms with Crippen LogP contribution in [0.4, 0.5) is 4.39 Å². The largest absolute Gasteiger partial charge is 0.491 e. The molecule has 5 nitrogen and oxygen atoms in total. The van der Waals surface area contributed by atoms with Crippen LogP contribution in [-0.4, -0.2) is 22.8 Å². The molecule has 104 valence electrons. The van der Waals surface area contributed by atoms with Crippen LogP contribution < -0.4 is 10.2 Å². The molecule has 0 aliphatic carbocycles. The summed E-state index contributed by atoms with van der Waals surface area (Å²) in [6.07, 6.45) is 2.65. The smallest absolute Gasteiger partial charge is 0.341 e. The average molecular weight is 277 g/mol. The van der Waals surface area contributed by atoms with Crippen molar-refractivity contribution in [3.8, 4) is 5.75 Å². The van der Waals surface area contributed by atoms with Gasteiger partial charge in [0, 0.05) is 12.7 Å². The molecule has 1 N–H and O–H groups in total. The van der Waals surface area contributed by atoms with Crippen LogP contribution in [-0.2, 0) is 6.54 Å².